The number of nitrogens with zero attached hydrogens (tertiary/aromatic N) is 3. The number of nitrogens with two attached hydrogens (primary N) is 1. The topological polar surface area (TPSA) is 55.0 Å². The van der Waals surface area contributed by atoms with E-state index in [1.54, 1.807) is 0 Å². The highest BCUT2D eigenvalue weighted by atomic mass is 15.2. The van der Waals surface area contributed by atoms with Crippen molar-refractivity contribution in [2.45, 2.75) is 46.0 Å². The van der Waals surface area contributed by atoms with E-state index in [4.69, 9.17) is 5.73 Å². The molecule has 0 radical (unpaired) electrons. The number of nitrogen functional groups attached to an aromatic ring is 1. The number of rotatable bonds is 4. The Balaban J connectivity index is 2.23. The summed E-state index contributed by atoms with van der Waals surface area (Å²) >= 11 is 0. The highest BCUT2D eigenvalue weighted by Gasteiger charge is 2.21. The van der Waals surface area contributed by atoms with Gasteiger partial charge in [-0.1, -0.05) is 20.3 Å². The molecular weight excluding hydrogens is 224 g/mol. The molecule has 0 atom stereocenters. The first-order chi connectivity index (χ1) is 8.49. The predicted molar refractivity (Wildman–Crippen MR) is 75.9 cm³/mol. The molecule has 1 saturated carbocycles. The van der Waals surface area contributed by atoms with E-state index in [0.29, 0.717) is 11.7 Å². The normalized spacial score (nSPS) is 15.8. The highest BCUT2D eigenvalue weighted by molar-refractivity contribution is 5.56. The molecule has 18 heavy (non-hydrogen) atoms. The highest BCUT2D eigenvalue weighted by Crippen LogP contribution is 2.30. The van der Waals surface area contributed by atoms with Crippen molar-refractivity contribution in [3.05, 3.63) is 11.4 Å². The van der Waals surface area contributed by atoms with E-state index in [1.165, 1.54) is 19.3 Å². The summed E-state index contributed by atoms with van der Waals surface area (Å²) in [7, 11) is 2.11. The van der Waals surface area contributed by atoms with Gasteiger partial charge < -0.3 is 10.6 Å². The first-order valence-corrected chi connectivity index (χ1v) is 6.84. The van der Waals surface area contributed by atoms with Crippen LogP contribution < -0.4 is 10.6 Å². The average molecular weight is 248 g/mol. The molecule has 4 heteroatoms. The van der Waals surface area contributed by atoms with Gasteiger partial charge in [0.05, 0.1) is 0 Å². The van der Waals surface area contributed by atoms with Crippen LogP contribution in [0.5, 0.6) is 0 Å². The van der Waals surface area contributed by atoms with Gasteiger partial charge >= 0.3 is 0 Å². The van der Waals surface area contributed by atoms with Crippen molar-refractivity contribution in [3.8, 4) is 0 Å². The summed E-state index contributed by atoms with van der Waals surface area (Å²) in [5.74, 6) is 3.59. The van der Waals surface area contributed by atoms with Gasteiger partial charge in [0.1, 0.15) is 17.5 Å². The fraction of sp³-hybridized carbons (Fsp3) is 0.714. The third-order valence-electron chi connectivity index (χ3n) is 3.81. The van der Waals surface area contributed by atoms with Crippen molar-refractivity contribution >= 4 is 11.6 Å². The fourth-order valence-corrected chi connectivity index (χ4v) is 2.32. The maximum Gasteiger partial charge on any atom is 0.137 e. The standard InChI is InChI=1S/C14H24N4/c1-9(2)13-16-12(15)10(3)14(17-13)18(4)8-11-6-5-7-11/h9,11H,5-8H2,1-4H3,(H2,15,16,17). The van der Waals surface area contributed by atoms with Crippen LogP contribution in [-0.4, -0.2) is 23.6 Å². The SMILES string of the molecule is Cc1c(N)nc(C(C)C)nc1N(C)CC1CCC1. The lowest BCUT2D eigenvalue weighted by molar-refractivity contribution is 0.321. The Kier molecular flexibility index (Phi) is 3.73. The van der Waals surface area contributed by atoms with Crippen LogP contribution in [0.2, 0.25) is 0 Å². The van der Waals surface area contributed by atoms with Crippen LogP contribution in [0, 0.1) is 12.8 Å². The number of aromatic nitrogens is 2. The minimum absolute atomic E-state index is 0.309. The van der Waals surface area contributed by atoms with Gasteiger partial charge in [-0.15, -0.1) is 0 Å². The van der Waals surface area contributed by atoms with Crippen molar-refractivity contribution in [1.29, 1.82) is 0 Å². The van der Waals surface area contributed by atoms with E-state index in [0.717, 1.165) is 29.7 Å². The Morgan fingerprint density at radius 3 is 2.50 bits per heavy atom. The Labute approximate surface area is 110 Å². The van der Waals surface area contributed by atoms with Crippen LogP contribution in [0.1, 0.15) is 50.4 Å². The molecule has 4 nitrogen and oxygen atoms in total. The van der Waals surface area contributed by atoms with Crippen molar-refractivity contribution in [1.82, 2.24) is 9.97 Å². The van der Waals surface area contributed by atoms with Crippen molar-refractivity contribution < 1.29 is 0 Å². The molecule has 1 aliphatic carbocycles. The number of hydrogen-bond donors (Lipinski definition) is 1. The van der Waals surface area contributed by atoms with Crippen LogP contribution in [0.15, 0.2) is 0 Å². The Morgan fingerprint density at radius 2 is 2.00 bits per heavy atom. The van der Waals surface area contributed by atoms with E-state index in [-0.39, 0.29) is 0 Å². The summed E-state index contributed by atoms with van der Waals surface area (Å²) < 4.78 is 0. The number of hydrogen-bond acceptors (Lipinski definition) is 4. The van der Waals surface area contributed by atoms with E-state index >= 15 is 0 Å². The first kappa shape index (κ1) is 13.1. The third-order valence-corrected chi connectivity index (χ3v) is 3.81. The maximum atomic E-state index is 6.00. The molecule has 0 aromatic carbocycles. The largest absolute Gasteiger partial charge is 0.383 e. The molecule has 100 valence electrons. The van der Waals surface area contributed by atoms with Gasteiger partial charge in [-0.05, 0) is 25.7 Å². The van der Waals surface area contributed by atoms with Crippen molar-refractivity contribution in [3.63, 3.8) is 0 Å². The summed E-state index contributed by atoms with van der Waals surface area (Å²) in [6, 6.07) is 0. The quantitative estimate of drug-likeness (QED) is 0.890. The lowest BCUT2D eigenvalue weighted by Gasteiger charge is -2.31. The van der Waals surface area contributed by atoms with Crippen LogP contribution in [-0.2, 0) is 0 Å². The second kappa shape index (κ2) is 5.12. The number of anilines is 2. The molecule has 0 amide bonds. The molecule has 0 bridgehead atoms. The molecule has 1 heterocycles. The Bertz CT molecular complexity index is 424. The molecule has 2 N–H and O–H groups in total. The Hall–Kier alpha value is -1.32. The molecule has 1 aromatic rings. The third kappa shape index (κ3) is 2.57. The van der Waals surface area contributed by atoms with Crippen LogP contribution in [0.3, 0.4) is 0 Å². The van der Waals surface area contributed by atoms with Gasteiger partial charge in [0.2, 0.25) is 0 Å². The summed E-state index contributed by atoms with van der Waals surface area (Å²) in [4.78, 5) is 11.3. The molecule has 2 rings (SSSR count). The van der Waals surface area contributed by atoms with Crippen LogP contribution in [0.4, 0.5) is 11.6 Å². The minimum Gasteiger partial charge on any atom is -0.383 e. The van der Waals surface area contributed by atoms with Gasteiger partial charge in [0.15, 0.2) is 0 Å². The minimum atomic E-state index is 0.309. The summed E-state index contributed by atoms with van der Waals surface area (Å²) in [6.07, 6.45) is 4.07. The van der Waals surface area contributed by atoms with E-state index < -0.39 is 0 Å². The molecule has 1 fully saturated rings. The van der Waals surface area contributed by atoms with E-state index in [1.807, 2.05) is 6.92 Å². The average Bonchev–Trinajstić information content (AvgIpc) is 2.26. The zero-order valence-corrected chi connectivity index (χ0v) is 11.9. The first-order valence-electron chi connectivity index (χ1n) is 6.84. The van der Waals surface area contributed by atoms with E-state index in [9.17, 15) is 0 Å². The molecule has 0 aliphatic heterocycles. The zero-order valence-electron chi connectivity index (χ0n) is 11.9. The van der Waals surface area contributed by atoms with Gasteiger partial charge in [-0.2, -0.15) is 0 Å². The second-order valence-electron chi connectivity index (χ2n) is 5.75. The van der Waals surface area contributed by atoms with Gasteiger partial charge in [0.25, 0.3) is 0 Å². The lowest BCUT2D eigenvalue weighted by atomic mass is 9.85. The fourth-order valence-electron chi connectivity index (χ4n) is 2.32. The van der Waals surface area contributed by atoms with Gasteiger partial charge in [-0.25, -0.2) is 9.97 Å². The van der Waals surface area contributed by atoms with Gasteiger partial charge in [-0.3, -0.25) is 0 Å². The van der Waals surface area contributed by atoms with Crippen LogP contribution >= 0.6 is 0 Å². The van der Waals surface area contributed by atoms with Crippen LogP contribution in [0.25, 0.3) is 0 Å². The molecule has 1 aromatic heterocycles. The summed E-state index contributed by atoms with van der Waals surface area (Å²) in [5, 5.41) is 0. The summed E-state index contributed by atoms with van der Waals surface area (Å²) in [6.45, 7) is 7.28. The van der Waals surface area contributed by atoms with Gasteiger partial charge in [0, 0.05) is 25.1 Å². The summed E-state index contributed by atoms with van der Waals surface area (Å²) in [5.41, 5.74) is 7.00. The smallest absolute Gasteiger partial charge is 0.137 e. The van der Waals surface area contributed by atoms with Crippen molar-refractivity contribution in [2.24, 2.45) is 5.92 Å². The molecule has 0 spiro atoms. The lowest BCUT2D eigenvalue weighted by Crippen LogP contribution is -2.31. The molecule has 1 aliphatic rings. The molecule has 0 unspecified atom stereocenters. The Morgan fingerprint density at radius 1 is 1.33 bits per heavy atom. The second-order valence-corrected chi connectivity index (χ2v) is 5.75. The molecular formula is C14H24N4. The van der Waals surface area contributed by atoms with E-state index in [2.05, 4.69) is 35.8 Å². The predicted octanol–water partition coefficient (Wildman–Crippen LogP) is 2.73. The van der Waals surface area contributed by atoms with Crippen molar-refractivity contribution in [2.75, 3.05) is 24.2 Å². The molecule has 0 saturated heterocycles. The monoisotopic (exact) mass is 248 g/mol. The zero-order chi connectivity index (χ0) is 13.3. The maximum absolute atomic E-state index is 6.00.